The molecule has 0 aliphatic heterocycles. The number of allylic oxidation sites excluding steroid dienone is 2. The molecule has 0 spiro atoms. The molecule has 3 aromatic carbocycles. The van der Waals surface area contributed by atoms with Crippen molar-refractivity contribution in [2.45, 2.75) is 38.5 Å². The molecule has 0 bridgehead atoms. The van der Waals surface area contributed by atoms with E-state index in [1.54, 1.807) is 5.57 Å². The molecule has 1 atom stereocenters. The highest BCUT2D eigenvalue weighted by atomic mass is 14.3. The lowest BCUT2D eigenvalue weighted by atomic mass is 9.86. The van der Waals surface area contributed by atoms with Crippen LogP contribution in [0, 0.1) is 0 Å². The summed E-state index contributed by atoms with van der Waals surface area (Å²) in [6, 6.07) is 26.5. The molecule has 0 nitrogen and oxygen atoms in total. The van der Waals surface area contributed by atoms with E-state index >= 15 is 0 Å². The Balaban J connectivity index is 1.55. The van der Waals surface area contributed by atoms with Crippen LogP contribution in [0.15, 0.2) is 83.9 Å². The largest absolute Gasteiger partial charge is 0.0654 e. The van der Waals surface area contributed by atoms with Crippen LogP contribution in [0.25, 0.3) is 23.3 Å². The normalized spacial score (nSPS) is 17.1. The predicted molar refractivity (Wildman–Crippen MR) is 120 cm³/mol. The van der Waals surface area contributed by atoms with Crippen molar-refractivity contribution in [1.82, 2.24) is 0 Å². The molecule has 0 heteroatoms. The summed E-state index contributed by atoms with van der Waals surface area (Å²) >= 11 is 0. The van der Waals surface area contributed by atoms with Crippen LogP contribution in [0.4, 0.5) is 0 Å². The van der Waals surface area contributed by atoms with Gasteiger partial charge >= 0.3 is 0 Å². The minimum atomic E-state index is 0.553. The topological polar surface area (TPSA) is 0 Å². The number of fused-ring (bicyclic) bond motifs is 2. The predicted octanol–water partition coefficient (Wildman–Crippen LogP) is 7.66. The molecule has 2 aliphatic rings. The standard InChI is InChI=1S/C28H26/c1-2-3-14-26-25-15-8-7-12-22(25)18-28(26)23-17-21-13-9-16-24(27(21)19-23)20-10-5-4-6-11-20/h4-13,15-16,18-19,26H,2-3,14,17H2,1H3. The van der Waals surface area contributed by atoms with E-state index in [1.807, 2.05) is 0 Å². The molecule has 0 amide bonds. The zero-order chi connectivity index (χ0) is 18.9. The van der Waals surface area contributed by atoms with Crippen LogP contribution < -0.4 is 0 Å². The number of hydrogen-bond acceptors (Lipinski definition) is 0. The maximum Gasteiger partial charge on any atom is 0.00983 e. The summed E-state index contributed by atoms with van der Waals surface area (Å²) in [5.41, 5.74) is 11.5. The van der Waals surface area contributed by atoms with Crippen molar-refractivity contribution in [2.24, 2.45) is 0 Å². The van der Waals surface area contributed by atoms with Crippen LogP contribution in [0.2, 0.25) is 0 Å². The summed E-state index contributed by atoms with van der Waals surface area (Å²) in [6.45, 7) is 2.29. The smallest absolute Gasteiger partial charge is 0.00983 e. The van der Waals surface area contributed by atoms with Crippen LogP contribution >= 0.6 is 0 Å². The fourth-order valence-corrected chi connectivity index (χ4v) is 4.85. The molecule has 2 aliphatic carbocycles. The molecule has 0 radical (unpaired) electrons. The Labute approximate surface area is 168 Å². The maximum atomic E-state index is 2.47. The summed E-state index contributed by atoms with van der Waals surface area (Å²) in [4.78, 5) is 0. The average molecular weight is 363 g/mol. The second kappa shape index (κ2) is 7.28. The van der Waals surface area contributed by atoms with E-state index in [0.717, 1.165) is 6.42 Å². The number of benzene rings is 3. The van der Waals surface area contributed by atoms with E-state index in [-0.39, 0.29) is 0 Å². The summed E-state index contributed by atoms with van der Waals surface area (Å²) < 4.78 is 0. The zero-order valence-electron chi connectivity index (χ0n) is 16.5. The summed E-state index contributed by atoms with van der Waals surface area (Å²) in [5.74, 6) is 0.553. The first-order valence-electron chi connectivity index (χ1n) is 10.5. The van der Waals surface area contributed by atoms with E-state index in [4.69, 9.17) is 0 Å². The van der Waals surface area contributed by atoms with Crippen LogP contribution in [-0.2, 0) is 6.42 Å². The van der Waals surface area contributed by atoms with E-state index < -0.39 is 0 Å². The van der Waals surface area contributed by atoms with Gasteiger partial charge in [-0.3, -0.25) is 0 Å². The Morgan fingerprint density at radius 3 is 2.50 bits per heavy atom. The van der Waals surface area contributed by atoms with Gasteiger partial charge in [-0.1, -0.05) is 105 Å². The third-order valence-corrected chi connectivity index (χ3v) is 6.26. The van der Waals surface area contributed by atoms with Crippen molar-refractivity contribution in [1.29, 1.82) is 0 Å². The van der Waals surface area contributed by atoms with Crippen molar-refractivity contribution >= 4 is 12.2 Å². The van der Waals surface area contributed by atoms with Gasteiger partial charge in [0.1, 0.15) is 0 Å². The molecule has 0 N–H and O–H groups in total. The van der Waals surface area contributed by atoms with Crippen LogP contribution in [0.5, 0.6) is 0 Å². The fraction of sp³-hybridized carbons (Fsp3) is 0.214. The summed E-state index contributed by atoms with van der Waals surface area (Å²) in [6.07, 6.45) is 9.76. The van der Waals surface area contributed by atoms with Crippen LogP contribution in [-0.4, -0.2) is 0 Å². The van der Waals surface area contributed by atoms with E-state index in [9.17, 15) is 0 Å². The van der Waals surface area contributed by atoms with Crippen LogP contribution in [0.3, 0.4) is 0 Å². The first-order chi connectivity index (χ1) is 13.8. The molecule has 1 unspecified atom stereocenters. The molecular weight excluding hydrogens is 336 g/mol. The Bertz CT molecular complexity index is 1070. The second-order valence-electron chi connectivity index (χ2n) is 8.01. The fourth-order valence-electron chi connectivity index (χ4n) is 4.85. The van der Waals surface area contributed by atoms with Gasteiger partial charge in [-0.15, -0.1) is 0 Å². The summed E-state index contributed by atoms with van der Waals surface area (Å²) in [5, 5.41) is 0. The Hall–Kier alpha value is -2.86. The van der Waals surface area contributed by atoms with Gasteiger partial charge in [-0.25, -0.2) is 0 Å². The van der Waals surface area contributed by atoms with Gasteiger partial charge in [-0.2, -0.15) is 0 Å². The van der Waals surface area contributed by atoms with Crippen molar-refractivity contribution in [3.05, 3.63) is 106 Å². The molecule has 138 valence electrons. The highest BCUT2D eigenvalue weighted by Gasteiger charge is 2.29. The first kappa shape index (κ1) is 17.3. The Kier molecular flexibility index (Phi) is 4.49. The lowest BCUT2D eigenvalue weighted by Gasteiger charge is -2.17. The molecule has 0 heterocycles. The van der Waals surface area contributed by atoms with E-state index in [1.165, 1.54) is 58.2 Å². The molecule has 0 saturated heterocycles. The average Bonchev–Trinajstić information content (AvgIpc) is 3.34. The zero-order valence-corrected chi connectivity index (χ0v) is 16.5. The summed E-state index contributed by atoms with van der Waals surface area (Å²) in [7, 11) is 0. The minimum absolute atomic E-state index is 0.553. The monoisotopic (exact) mass is 362 g/mol. The molecular formula is C28H26. The lowest BCUT2D eigenvalue weighted by Crippen LogP contribution is -2.02. The molecule has 0 aromatic heterocycles. The lowest BCUT2D eigenvalue weighted by molar-refractivity contribution is 0.652. The quantitative estimate of drug-likeness (QED) is 0.437. The van der Waals surface area contributed by atoms with Gasteiger partial charge in [0.25, 0.3) is 0 Å². The minimum Gasteiger partial charge on any atom is -0.0654 e. The van der Waals surface area contributed by atoms with Gasteiger partial charge in [0, 0.05) is 5.92 Å². The van der Waals surface area contributed by atoms with Crippen molar-refractivity contribution < 1.29 is 0 Å². The first-order valence-corrected chi connectivity index (χ1v) is 10.5. The number of rotatable bonds is 5. The second-order valence-corrected chi connectivity index (χ2v) is 8.01. The van der Waals surface area contributed by atoms with Crippen molar-refractivity contribution in [3.63, 3.8) is 0 Å². The van der Waals surface area contributed by atoms with Crippen molar-refractivity contribution in [2.75, 3.05) is 0 Å². The molecule has 3 aromatic rings. The van der Waals surface area contributed by atoms with Gasteiger partial charge in [0.2, 0.25) is 0 Å². The Morgan fingerprint density at radius 2 is 1.64 bits per heavy atom. The highest BCUT2D eigenvalue weighted by Crippen LogP contribution is 2.46. The van der Waals surface area contributed by atoms with E-state index in [0.29, 0.717) is 5.92 Å². The maximum absolute atomic E-state index is 2.47. The third kappa shape index (κ3) is 2.94. The number of hydrogen-bond donors (Lipinski definition) is 0. The van der Waals surface area contributed by atoms with Gasteiger partial charge in [0.15, 0.2) is 0 Å². The SMILES string of the molecule is CCCCC1C(C2=Cc3c(cccc3-c3ccccc3)C2)=Cc2ccccc21. The molecule has 0 saturated carbocycles. The van der Waals surface area contributed by atoms with Gasteiger partial charge in [-0.05, 0) is 57.4 Å². The molecule has 28 heavy (non-hydrogen) atoms. The highest BCUT2D eigenvalue weighted by molar-refractivity contribution is 5.85. The van der Waals surface area contributed by atoms with Gasteiger partial charge < -0.3 is 0 Å². The molecule has 5 rings (SSSR count). The third-order valence-electron chi connectivity index (χ3n) is 6.26. The Morgan fingerprint density at radius 1 is 0.821 bits per heavy atom. The van der Waals surface area contributed by atoms with Crippen LogP contribution in [0.1, 0.15) is 54.4 Å². The van der Waals surface area contributed by atoms with Crippen molar-refractivity contribution in [3.8, 4) is 11.1 Å². The number of unbranched alkanes of at least 4 members (excludes halogenated alkanes) is 1. The molecule has 0 fully saturated rings. The van der Waals surface area contributed by atoms with Gasteiger partial charge in [0.05, 0.1) is 0 Å². The van der Waals surface area contributed by atoms with E-state index in [2.05, 4.69) is 91.9 Å².